The van der Waals surface area contributed by atoms with E-state index in [0.717, 1.165) is 43.1 Å². The number of rotatable bonds is 4. The van der Waals surface area contributed by atoms with E-state index in [0.29, 0.717) is 18.4 Å². The van der Waals surface area contributed by atoms with Crippen LogP contribution in [0.25, 0.3) is 11.0 Å². The molecule has 28 heavy (non-hydrogen) atoms. The Hall–Kier alpha value is -2.37. The molecule has 3 aromatic rings. The Labute approximate surface area is 165 Å². The van der Waals surface area contributed by atoms with Crippen molar-refractivity contribution in [1.29, 1.82) is 0 Å². The maximum absolute atomic E-state index is 13.0. The van der Waals surface area contributed by atoms with E-state index < -0.39 is 0 Å². The van der Waals surface area contributed by atoms with E-state index in [1.54, 1.807) is 0 Å². The summed E-state index contributed by atoms with van der Waals surface area (Å²) in [6, 6.07) is 14.6. The zero-order valence-electron chi connectivity index (χ0n) is 16.6. The highest BCUT2D eigenvalue weighted by atomic mass is 16.3. The lowest BCUT2D eigenvalue weighted by Gasteiger charge is -2.42. The van der Waals surface area contributed by atoms with Gasteiger partial charge in [0.15, 0.2) is 0 Å². The summed E-state index contributed by atoms with van der Waals surface area (Å²) in [5, 5.41) is 1.17. The van der Waals surface area contributed by atoms with Crippen molar-refractivity contribution in [3.8, 4) is 0 Å². The summed E-state index contributed by atoms with van der Waals surface area (Å²) in [7, 11) is 4.02. The summed E-state index contributed by atoms with van der Waals surface area (Å²) < 4.78 is 8.08. The summed E-state index contributed by atoms with van der Waals surface area (Å²) in [5.41, 5.74) is 3.26. The van der Waals surface area contributed by atoms with Crippen LogP contribution in [-0.4, -0.2) is 41.6 Å². The first-order chi connectivity index (χ1) is 13.6. The number of likely N-dealkylation sites (tertiary alicyclic amines) is 1. The molecule has 1 saturated heterocycles. The zero-order valence-corrected chi connectivity index (χ0v) is 16.6. The average Bonchev–Trinajstić information content (AvgIpc) is 3.06. The van der Waals surface area contributed by atoms with E-state index in [1.807, 2.05) is 38.4 Å². The van der Waals surface area contributed by atoms with Crippen molar-refractivity contribution in [3.63, 3.8) is 0 Å². The number of aromatic nitrogens is 1. The molecule has 1 aromatic carbocycles. The quantitative estimate of drug-likeness (QED) is 0.700. The second-order valence-electron chi connectivity index (χ2n) is 8.68. The fourth-order valence-corrected chi connectivity index (χ4v) is 5.02. The van der Waals surface area contributed by atoms with Gasteiger partial charge >= 0.3 is 0 Å². The van der Waals surface area contributed by atoms with Crippen LogP contribution < -0.4 is 5.56 Å². The van der Waals surface area contributed by atoms with Gasteiger partial charge in [0.2, 0.25) is 0 Å². The van der Waals surface area contributed by atoms with E-state index in [-0.39, 0.29) is 5.56 Å². The van der Waals surface area contributed by atoms with Gasteiger partial charge in [0.25, 0.3) is 5.56 Å². The number of piperidine rings is 1. The van der Waals surface area contributed by atoms with Crippen LogP contribution in [-0.2, 0) is 19.6 Å². The van der Waals surface area contributed by atoms with Crippen LogP contribution >= 0.6 is 0 Å². The van der Waals surface area contributed by atoms with Crippen LogP contribution in [0.2, 0.25) is 0 Å². The van der Waals surface area contributed by atoms with E-state index >= 15 is 0 Å². The van der Waals surface area contributed by atoms with Crippen LogP contribution in [0.1, 0.15) is 29.4 Å². The van der Waals surface area contributed by atoms with Crippen molar-refractivity contribution >= 4 is 11.0 Å². The number of benzene rings is 1. The number of fused-ring (bicyclic) bond motifs is 5. The third-order valence-electron chi connectivity index (χ3n) is 6.10. The number of hydrogen-bond acceptors (Lipinski definition) is 4. The molecular weight excluding hydrogens is 350 g/mol. The van der Waals surface area contributed by atoms with Crippen molar-refractivity contribution in [3.05, 3.63) is 69.8 Å². The molecule has 5 rings (SSSR count). The van der Waals surface area contributed by atoms with Crippen molar-refractivity contribution in [2.24, 2.45) is 5.92 Å². The van der Waals surface area contributed by atoms with Crippen molar-refractivity contribution in [1.82, 2.24) is 14.4 Å². The summed E-state index contributed by atoms with van der Waals surface area (Å²) in [6.45, 7) is 4.39. The minimum atomic E-state index is 0.201. The predicted molar refractivity (Wildman–Crippen MR) is 110 cm³/mol. The fourth-order valence-electron chi connectivity index (χ4n) is 5.02. The highest BCUT2D eigenvalue weighted by Crippen LogP contribution is 2.36. The van der Waals surface area contributed by atoms with Gasteiger partial charge in [-0.05, 0) is 44.6 Å². The summed E-state index contributed by atoms with van der Waals surface area (Å²) in [6.07, 6.45) is 1.18. The third kappa shape index (κ3) is 3.19. The lowest BCUT2D eigenvalue weighted by atomic mass is 9.83. The second-order valence-corrected chi connectivity index (χ2v) is 8.68. The van der Waals surface area contributed by atoms with Crippen molar-refractivity contribution in [2.45, 2.75) is 32.0 Å². The van der Waals surface area contributed by atoms with Crippen molar-refractivity contribution < 1.29 is 4.42 Å². The predicted octanol–water partition coefficient (Wildman–Crippen LogP) is 3.28. The molecule has 0 spiro atoms. The van der Waals surface area contributed by atoms with Gasteiger partial charge in [-0.25, -0.2) is 0 Å². The third-order valence-corrected chi connectivity index (χ3v) is 6.10. The normalized spacial score (nSPS) is 22.0. The maximum Gasteiger partial charge on any atom is 0.255 e. The first-order valence-corrected chi connectivity index (χ1v) is 10.1. The second kappa shape index (κ2) is 6.90. The largest absolute Gasteiger partial charge is 0.460 e. The monoisotopic (exact) mass is 377 g/mol. The van der Waals surface area contributed by atoms with Gasteiger partial charge in [-0.3, -0.25) is 9.69 Å². The molecule has 5 nitrogen and oxygen atoms in total. The van der Waals surface area contributed by atoms with Gasteiger partial charge in [0, 0.05) is 48.7 Å². The summed E-state index contributed by atoms with van der Waals surface area (Å²) in [5.74, 6) is 1.99. The Morgan fingerprint density at radius 2 is 1.96 bits per heavy atom. The van der Waals surface area contributed by atoms with Gasteiger partial charge in [-0.2, -0.15) is 0 Å². The number of furan rings is 1. The molecule has 0 N–H and O–H groups in total. The molecule has 2 aromatic heterocycles. The Morgan fingerprint density at radius 3 is 2.79 bits per heavy atom. The number of para-hydroxylation sites is 1. The maximum atomic E-state index is 13.0. The van der Waals surface area contributed by atoms with E-state index in [4.69, 9.17) is 4.42 Å². The molecule has 0 aliphatic carbocycles. The van der Waals surface area contributed by atoms with Crippen LogP contribution in [0, 0.1) is 5.92 Å². The van der Waals surface area contributed by atoms with E-state index in [1.165, 1.54) is 17.5 Å². The number of nitrogens with zero attached hydrogens (tertiary/aromatic N) is 3. The van der Waals surface area contributed by atoms with E-state index in [2.05, 4.69) is 32.6 Å². The van der Waals surface area contributed by atoms with Gasteiger partial charge in [-0.15, -0.1) is 0 Å². The molecule has 0 amide bonds. The zero-order chi connectivity index (χ0) is 19.3. The Morgan fingerprint density at radius 1 is 1.11 bits per heavy atom. The van der Waals surface area contributed by atoms with Crippen LogP contribution in [0.3, 0.4) is 0 Å². The first kappa shape index (κ1) is 17.7. The Balaban J connectivity index is 1.38. The van der Waals surface area contributed by atoms with E-state index in [9.17, 15) is 4.79 Å². The molecule has 0 unspecified atom stereocenters. The highest BCUT2D eigenvalue weighted by Gasteiger charge is 2.35. The minimum Gasteiger partial charge on any atom is -0.460 e. The number of hydrogen-bond donors (Lipinski definition) is 0. The van der Waals surface area contributed by atoms with Crippen LogP contribution in [0.5, 0.6) is 0 Å². The fraction of sp³-hybridized carbons (Fsp3) is 0.435. The van der Waals surface area contributed by atoms with Gasteiger partial charge < -0.3 is 13.9 Å². The summed E-state index contributed by atoms with van der Waals surface area (Å²) >= 11 is 0. The molecule has 2 bridgehead atoms. The lowest BCUT2D eigenvalue weighted by Crippen LogP contribution is -2.47. The van der Waals surface area contributed by atoms with Gasteiger partial charge in [-0.1, -0.05) is 24.3 Å². The average molecular weight is 377 g/mol. The van der Waals surface area contributed by atoms with Gasteiger partial charge in [0.05, 0.1) is 6.54 Å². The molecule has 1 fully saturated rings. The Bertz CT molecular complexity index is 1030. The van der Waals surface area contributed by atoms with Gasteiger partial charge in [0.1, 0.15) is 11.3 Å². The topological polar surface area (TPSA) is 41.6 Å². The molecule has 5 heteroatoms. The Kier molecular flexibility index (Phi) is 4.37. The molecule has 0 radical (unpaired) electrons. The smallest absolute Gasteiger partial charge is 0.255 e. The van der Waals surface area contributed by atoms with Crippen LogP contribution in [0.15, 0.2) is 51.7 Å². The minimum absolute atomic E-state index is 0.201. The molecule has 146 valence electrons. The lowest BCUT2D eigenvalue weighted by molar-refractivity contribution is 0.108. The first-order valence-electron chi connectivity index (χ1n) is 10.1. The SMILES string of the molecule is CN(C)Cc1ccc2n(c1=O)C[C@H]1C[C@@H]2CN(Cc2cc3ccccc3o2)C1. The molecule has 0 saturated carbocycles. The highest BCUT2D eigenvalue weighted by molar-refractivity contribution is 5.77. The van der Waals surface area contributed by atoms with Crippen molar-refractivity contribution in [2.75, 3.05) is 27.2 Å². The standard InChI is InChI=1S/C23H27N3O2/c1-24(2)13-18-7-8-21-19-9-16(12-26(21)23(18)27)11-25(14-19)15-20-10-17-5-3-4-6-22(17)28-20/h3-8,10,16,19H,9,11-15H2,1-2H3/t16-,19+/m0/s1. The molecule has 2 aliphatic rings. The molecule has 4 heterocycles. The molecule has 2 aliphatic heterocycles. The van der Waals surface area contributed by atoms with Crippen LogP contribution in [0.4, 0.5) is 0 Å². The molecular formula is C23H27N3O2. The number of pyridine rings is 1. The molecule has 2 atom stereocenters. The summed E-state index contributed by atoms with van der Waals surface area (Å²) in [4.78, 5) is 17.5.